The van der Waals surface area contributed by atoms with Crippen LogP contribution < -0.4 is 29.6 Å². The number of imide groups is 1. The molecule has 1 aliphatic heterocycles. The van der Waals surface area contributed by atoms with Gasteiger partial charge >= 0.3 is 35.5 Å². The predicted molar refractivity (Wildman–Crippen MR) is 54.7 cm³/mol. The summed E-state index contributed by atoms with van der Waals surface area (Å²) in [5.41, 5.74) is 7.96. The van der Waals surface area contributed by atoms with Crippen molar-refractivity contribution in [3.8, 4) is 0 Å². The van der Waals surface area contributed by atoms with E-state index in [1.807, 2.05) is 0 Å². The number of nitrogens with zero attached hydrogens (tertiary/aromatic N) is 4. The molecule has 20 heavy (non-hydrogen) atoms. The van der Waals surface area contributed by atoms with Gasteiger partial charge in [-0.1, -0.05) is 5.11 Å². The molecule has 1 fully saturated rings. The summed E-state index contributed by atoms with van der Waals surface area (Å²) in [5.74, 6) is -3.58. The van der Waals surface area contributed by atoms with Crippen molar-refractivity contribution in [2.45, 2.75) is 18.1 Å². The number of azide groups is 1. The second-order valence-electron chi connectivity index (χ2n) is 3.38. The predicted octanol–water partition coefficient (Wildman–Crippen LogP) is -4.18. The first-order valence-corrected chi connectivity index (χ1v) is 6.27. The van der Waals surface area contributed by atoms with E-state index in [0.29, 0.717) is 0 Å². The number of rotatable bonds is 5. The van der Waals surface area contributed by atoms with E-state index in [0.717, 1.165) is 0 Å². The fourth-order valence-electron chi connectivity index (χ4n) is 1.24. The van der Waals surface area contributed by atoms with Gasteiger partial charge in [0.2, 0.25) is 0 Å². The Balaban J connectivity index is 0.00000361. The summed E-state index contributed by atoms with van der Waals surface area (Å²) in [4.78, 5) is 40.5. The minimum Gasteiger partial charge on any atom is -0.747 e. The summed E-state index contributed by atoms with van der Waals surface area (Å²) < 4.78 is 32.0. The van der Waals surface area contributed by atoms with Crippen molar-refractivity contribution in [1.82, 2.24) is 5.06 Å². The van der Waals surface area contributed by atoms with E-state index in [4.69, 9.17) is 5.53 Å². The average molecular weight is 314 g/mol. The Morgan fingerprint density at radius 1 is 1.55 bits per heavy atom. The van der Waals surface area contributed by atoms with Gasteiger partial charge in [0.1, 0.15) is 15.4 Å². The minimum absolute atomic E-state index is 0. The Hall–Kier alpha value is -1.17. The number of carbonyl (C=O) groups excluding carboxylic acids is 3. The molecule has 0 bridgehead atoms. The molecule has 1 saturated heterocycles. The maximum absolute atomic E-state index is 11.4. The number of hydroxylamine groups is 2. The van der Waals surface area contributed by atoms with Crippen LogP contribution in [0.2, 0.25) is 0 Å². The molecule has 104 valence electrons. The van der Waals surface area contributed by atoms with Crippen LogP contribution in [0.25, 0.3) is 10.4 Å². The Morgan fingerprint density at radius 2 is 2.15 bits per heavy atom. The van der Waals surface area contributed by atoms with Crippen molar-refractivity contribution in [2.75, 3.05) is 6.54 Å². The molecule has 0 radical (unpaired) electrons. The molecule has 0 spiro atoms. The van der Waals surface area contributed by atoms with Crippen LogP contribution in [-0.4, -0.2) is 47.6 Å². The second-order valence-corrected chi connectivity index (χ2v) is 4.93. The fourth-order valence-corrected chi connectivity index (χ4v) is 1.93. The third-order valence-electron chi connectivity index (χ3n) is 2.08. The van der Waals surface area contributed by atoms with Gasteiger partial charge in [0.05, 0.1) is 12.8 Å². The van der Waals surface area contributed by atoms with Gasteiger partial charge in [-0.2, -0.15) is 0 Å². The van der Waals surface area contributed by atoms with E-state index in [2.05, 4.69) is 14.9 Å². The Bertz CT molecular complexity index is 570. The van der Waals surface area contributed by atoms with Gasteiger partial charge < -0.3 is 9.39 Å². The van der Waals surface area contributed by atoms with Gasteiger partial charge in [0, 0.05) is 11.5 Å². The van der Waals surface area contributed by atoms with Gasteiger partial charge in [0.15, 0.2) is 0 Å². The van der Waals surface area contributed by atoms with Crippen LogP contribution in [-0.2, 0) is 29.3 Å². The largest absolute Gasteiger partial charge is 1.00 e. The SMILES string of the molecule is [N-]=[N+]=NCCC(=O)ON1C(=O)CC(S(=O)(=O)[O-])C1=O.[Na+]. The molecule has 2 amide bonds. The number of hydrogen-bond acceptors (Lipinski definition) is 8. The standard InChI is InChI=1S/C7H8N4O7S.Na/c8-10-9-2-1-6(13)18-11-5(12)3-4(7(11)14)19(15,16)17;/h4H,1-3H2,(H,15,16,17);/q;+1/p-1. The molecule has 1 unspecified atom stereocenters. The monoisotopic (exact) mass is 314 g/mol. The average Bonchev–Trinajstić information content (AvgIpc) is 2.57. The van der Waals surface area contributed by atoms with Crippen LogP contribution in [0.5, 0.6) is 0 Å². The zero-order chi connectivity index (χ0) is 14.6. The summed E-state index contributed by atoms with van der Waals surface area (Å²) in [7, 11) is -4.99. The first-order valence-electron chi connectivity index (χ1n) is 4.80. The van der Waals surface area contributed by atoms with Gasteiger partial charge in [-0.05, 0) is 5.53 Å². The minimum atomic E-state index is -4.99. The van der Waals surface area contributed by atoms with Crippen LogP contribution in [0.1, 0.15) is 12.8 Å². The molecule has 0 aromatic heterocycles. The van der Waals surface area contributed by atoms with Gasteiger partial charge in [0.25, 0.3) is 11.8 Å². The molecule has 11 nitrogen and oxygen atoms in total. The molecule has 0 saturated carbocycles. The van der Waals surface area contributed by atoms with Crippen LogP contribution in [0.4, 0.5) is 0 Å². The molecular weight excluding hydrogens is 307 g/mol. The summed E-state index contributed by atoms with van der Waals surface area (Å²) in [5, 5.41) is 0.888. The summed E-state index contributed by atoms with van der Waals surface area (Å²) in [6, 6.07) is 0. The van der Waals surface area contributed by atoms with E-state index < -0.39 is 46.0 Å². The third kappa shape index (κ3) is 4.74. The summed E-state index contributed by atoms with van der Waals surface area (Å²) >= 11 is 0. The first kappa shape index (κ1) is 18.8. The smallest absolute Gasteiger partial charge is 0.747 e. The Labute approximate surface area is 134 Å². The topological polar surface area (TPSA) is 170 Å². The van der Waals surface area contributed by atoms with Crippen molar-refractivity contribution < 1.29 is 61.7 Å². The van der Waals surface area contributed by atoms with Crippen molar-refractivity contribution in [1.29, 1.82) is 0 Å². The number of amides is 2. The molecule has 0 aliphatic carbocycles. The van der Waals surface area contributed by atoms with Crippen LogP contribution in [0, 0.1) is 0 Å². The van der Waals surface area contributed by atoms with Crippen LogP contribution in [0.15, 0.2) is 5.11 Å². The zero-order valence-corrected chi connectivity index (χ0v) is 13.1. The molecule has 13 heteroatoms. The van der Waals surface area contributed by atoms with E-state index in [1.165, 1.54) is 0 Å². The number of hydrogen-bond donors (Lipinski definition) is 0. The molecule has 0 N–H and O–H groups in total. The van der Waals surface area contributed by atoms with Crippen molar-refractivity contribution >= 4 is 27.9 Å². The molecule has 1 atom stereocenters. The maximum Gasteiger partial charge on any atom is 1.00 e. The summed E-state index contributed by atoms with van der Waals surface area (Å²) in [6.45, 7) is -0.255. The van der Waals surface area contributed by atoms with E-state index in [-0.39, 0.29) is 41.2 Å². The molecule has 0 aromatic rings. The van der Waals surface area contributed by atoms with Crippen molar-refractivity contribution in [3.05, 3.63) is 10.4 Å². The quantitative estimate of drug-likeness (QED) is 0.124. The Morgan fingerprint density at radius 3 is 2.60 bits per heavy atom. The second kappa shape index (κ2) is 7.57. The molecule has 1 aliphatic rings. The molecule has 1 rings (SSSR count). The maximum atomic E-state index is 11.4. The van der Waals surface area contributed by atoms with Gasteiger partial charge in [-0.15, -0.1) is 5.06 Å². The third-order valence-corrected chi connectivity index (χ3v) is 3.15. The molecule has 0 aromatic carbocycles. The van der Waals surface area contributed by atoms with Crippen LogP contribution in [0.3, 0.4) is 0 Å². The zero-order valence-electron chi connectivity index (χ0n) is 10.3. The van der Waals surface area contributed by atoms with E-state index >= 15 is 0 Å². The number of carbonyl (C=O) groups is 3. The summed E-state index contributed by atoms with van der Waals surface area (Å²) in [6.07, 6.45) is -1.27. The Kier molecular flexibility index (Phi) is 7.13. The van der Waals surface area contributed by atoms with Gasteiger partial charge in [-0.25, -0.2) is 13.2 Å². The normalized spacial score (nSPS) is 18.2. The van der Waals surface area contributed by atoms with E-state index in [9.17, 15) is 27.4 Å². The van der Waals surface area contributed by atoms with Crippen molar-refractivity contribution in [2.24, 2.45) is 5.11 Å². The van der Waals surface area contributed by atoms with Crippen LogP contribution >= 0.6 is 0 Å². The molecule has 1 heterocycles. The molecular formula is C7H7N4NaO7S. The van der Waals surface area contributed by atoms with Crippen molar-refractivity contribution in [3.63, 3.8) is 0 Å². The van der Waals surface area contributed by atoms with E-state index in [1.54, 1.807) is 0 Å². The van der Waals surface area contributed by atoms with Gasteiger partial charge in [-0.3, -0.25) is 9.59 Å². The first-order chi connectivity index (χ1) is 8.77. The fraction of sp³-hybridized carbons (Fsp3) is 0.571.